The van der Waals surface area contributed by atoms with Crippen molar-refractivity contribution in [1.29, 1.82) is 0 Å². The second kappa shape index (κ2) is 4.74. The fourth-order valence-electron chi connectivity index (χ4n) is 3.22. The number of hydrogen-bond donors (Lipinski definition) is 1. The van der Waals surface area contributed by atoms with Gasteiger partial charge in [-0.2, -0.15) is 0 Å². The summed E-state index contributed by atoms with van der Waals surface area (Å²) in [5.41, 5.74) is 1.52. The molecule has 2 aliphatic rings. The van der Waals surface area contributed by atoms with E-state index in [0.717, 1.165) is 10.5 Å². The molecule has 1 aromatic carbocycles. The van der Waals surface area contributed by atoms with Crippen LogP contribution < -0.4 is 4.90 Å². The first kappa shape index (κ1) is 14.9. The predicted octanol–water partition coefficient (Wildman–Crippen LogP) is 1.71. The predicted molar refractivity (Wildman–Crippen MR) is 80.5 cm³/mol. The van der Waals surface area contributed by atoms with Crippen LogP contribution >= 0.6 is 0 Å². The van der Waals surface area contributed by atoms with E-state index in [1.807, 2.05) is 20.8 Å². The third-order valence-electron chi connectivity index (χ3n) is 5.07. The van der Waals surface area contributed by atoms with Gasteiger partial charge in [0.1, 0.15) is 6.10 Å². The molecule has 0 bridgehead atoms. The van der Waals surface area contributed by atoms with Crippen molar-refractivity contribution >= 4 is 23.3 Å². The lowest BCUT2D eigenvalue weighted by Crippen LogP contribution is -2.31. The molecule has 0 aromatic heterocycles. The van der Waals surface area contributed by atoms with Gasteiger partial charge < -0.3 is 5.11 Å². The van der Waals surface area contributed by atoms with Crippen LogP contribution in [0.1, 0.15) is 43.1 Å². The molecule has 1 heterocycles. The Morgan fingerprint density at radius 3 is 2.50 bits per heavy atom. The van der Waals surface area contributed by atoms with Crippen molar-refractivity contribution < 1.29 is 19.5 Å². The van der Waals surface area contributed by atoms with E-state index in [1.165, 1.54) is 0 Å². The van der Waals surface area contributed by atoms with Crippen molar-refractivity contribution in [3.8, 4) is 0 Å². The Hall–Kier alpha value is -2.01. The van der Waals surface area contributed by atoms with Crippen molar-refractivity contribution in [2.45, 2.75) is 39.7 Å². The van der Waals surface area contributed by atoms with Gasteiger partial charge in [-0.15, -0.1) is 0 Å². The van der Waals surface area contributed by atoms with Crippen molar-refractivity contribution in [3.63, 3.8) is 0 Å². The molecule has 1 aromatic rings. The minimum atomic E-state index is -1.26. The lowest BCUT2D eigenvalue weighted by Gasteiger charge is -2.26. The molecular weight excluding hydrogens is 282 g/mol. The zero-order valence-corrected chi connectivity index (χ0v) is 12.9. The molecular formula is C17H19NO4. The quantitative estimate of drug-likeness (QED) is 0.844. The summed E-state index contributed by atoms with van der Waals surface area (Å²) in [6.07, 6.45) is -0.840. The minimum absolute atomic E-state index is 0.114. The molecule has 2 unspecified atom stereocenters. The lowest BCUT2D eigenvalue weighted by molar-refractivity contribution is -0.124. The summed E-state index contributed by atoms with van der Waals surface area (Å²) in [4.78, 5) is 37.4. The fraction of sp³-hybridized carbons (Fsp3) is 0.471. The lowest BCUT2D eigenvalue weighted by atomic mass is 9.76. The molecule has 116 valence electrons. The van der Waals surface area contributed by atoms with Crippen LogP contribution in [0.15, 0.2) is 18.2 Å². The fourth-order valence-corrected chi connectivity index (χ4v) is 3.22. The van der Waals surface area contributed by atoms with E-state index in [1.54, 1.807) is 18.2 Å². The van der Waals surface area contributed by atoms with Crippen molar-refractivity contribution in [3.05, 3.63) is 29.3 Å². The number of aliphatic hydroxyl groups excluding tert-OH is 1. The number of carbonyl (C=O) groups is 3. The Kier molecular flexibility index (Phi) is 3.22. The van der Waals surface area contributed by atoms with Gasteiger partial charge in [-0.1, -0.05) is 20.8 Å². The number of benzene rings is 1. The molecule has 2 amide bonds. The second-order valence-electron chi connectivity index (χ2n) is 6.71. The first-order chi connectivity index (χ1) is 10.3. The van der Waals surface area contributed by atoms with Gasteiger partial charge in [-0.25, -0.2) is 4.90 Å². The number of ketones is 1. The van der Waals surface area contributed by atoms with Crippen molar-refractivity contribution in [1.82, 2.24) is 0 Å². The highest BCUT2D eigenvalue weighted by molar-refractivity contribution is 6.22. The summed E-state index contributed by atoms with van der Waals surface area (Å²) in [5, 5.41) is 9.53. The van der Waals surface area contributed by atoms with Crippen LogP contribution in [0.5, 0.6) is 0 Å². The molecule has 0 radical (unpaired) electrons. The first-order valence-electron chi connectivity index (χ1n) is 7.48. The number of hydrogen-bond acceptors (Lipinski definition) is 4. The number of anilines is 1. The van der Waals surface area contributed by atoms with E-state index >= 15 is 0 Å². The molecule has 5 heteroatoms. The topological polar surface area (TPSA) is 74.7 Å². The molecule has 1 aliphatic carbocycles. The molecule has 0 saturated carbocycles. The summed E-state index contributed by atoms with van der Waals surface area (Å²) in [6, 6.07) is 5.03. The number of amides is 2. The van der Waals surface area contributed by atoms with Crippen LogP contribution in [-0.4, -0.2) is 28.8 Å². The highest BCUT2D eigenvalue weighted by atomic mass is 16.3. The zero-order chi connectivity index (χ0) is 16.2. The average molecular weight is 301 g/mol. The molecule has 1 fully saturated rings. The standard InChI is InChI=1S/C17H19NO4/c1-9(2)17(3)8-10-6-11(4-5-12(10)15(17)21)18-14(20)7-13(19)16(18)22/h4-6,9,13,19H,7-8H2,1-3H3. The Labute approximate surface area is 128 Å². The molecule has 0 spiro atoms. The highest BCUT2D eigenvalue weighted by Crippen LogP contribution is 2.43. The number of fused-ring (bicyclic) bond motifs is 1. The molecule has 22 heavy (non-hydrogen) atoms. The smallest absolute Gasteiger partial charge is 0.263 e. The van der Waals surface area contributed by atoms with Gasteiger partial charge in [0, 0.05) is 11.0 Å². The van der Waals surface area contributed by atoms with E-state index in [0.29, 0.717) is 17.7 Å². The Bertz CT molecular complexity index is 694. The molecule has 1 aliphatic heterocycles. The third kappa shape index (κ3) is 1.92. The third-order valence-corrected chi connectivity index (χ3v) is 5.07. The second-order valence-corrected chi connectivity index (χ2v) is 6.71. The van der Waals surface area contributed by atoms with Crippen LogP contribution in [0, 0.1) is 11.3 Å². The molecule has 3 rings (SSSR count). The summed E-state index contributed by atoms with van der Waals surface area (Å²) < 4.78 is 0. The van der Waals surface area contributed by atoms with Crippen LogP contribution in [0.2, 0.25) is 0 Å². The molecule has 1 saturated heterocycles. The monoisotopic (exact) mass is 301 g/mol. The van der Waals surface area contributed by atoms with Crippen LogP contribution in [0.3, 0.4) is 0 Å². The summed E-state index contributed by atoms with van der Waals surface area (Å²) in [5.74, 6) is -0.690. The summed E-state index contributed by atoms with van der Waals surface area (Å²) in [6.45, 7) is 6.00. The van der Waals surface area contributed by atoms with E-state index < -0.39 is 23.3 Å². The van der Waals surface area contributed by atoms with E-state index in [9.17, 15) is 19.5 Å². The summed E-state index contributed by atoms with van der Waals surface area (Å²) in [7, 11) is 0. The van der Waals surface area contributed by atoms with Crippen molar-refractivity contribution in [2.75, 3.05) is 4.90 Å². The maximum absolute atomic E-state index is 12.6. The normalized spacial score (nSPS) is 28.0. The van der Waals surface area contributed by atoms with Gasteiger partial charge in [0.2, 0.25) is 5.91 Å². The molecule has 2 atom stereocenters. The van der Waals surface area contributed by atoms with Crippen LogP contribution in [0.4, 0.5) is 5.69 Å². The number of imide groups is 1. The number of aliphatic hydroxyl groups is 1. The highest BCUT2D eigenvalue weighted by Gasteiger charge is 2.45. The molecule has 1 N–H and O–H groups in total. The van der Waals surface area contributed by atoms with Gasteiger partial charge in [0.15, 0.2) is 5.78 Å². The number of carbonyl (C=O) groups excluding carboxylic acids is 3. The maximum atomic E-state index is 12.6. The van der Waals surface area contributed by atoms with Gasteiger partial charge in [-0.05, 0) is 36.1 Å². The Balaban J connectivity index is 2.00. The summed E-state index contributed by atoms with van der Waals surface area (Å²) >= 11 is 0. The van der Waals surface area contributed by atoms with Gasteiger partial charge in [0.25, 0.3) is 5.91 Å². The number of nitrogens with zero attached hydrogens (tertiary/aromatic N) is 1. The van der Waals surface area contributed by atoms with Crippen LogP contribution in [-0.2, 0) is 16.0 Å². The number of Topliss-reactive ketones (excluding diaryl/α,β-unsaturated/α-hetero) is 1. The van der Waals surface area contributed by atoms with Crippen LogP contribution in [0.25, 0.3) is 0 Å². The van der Waals surface area contributed by atoms with Crippen molar-refractivity contribution in [2.24, 2.45) is 11.3 Å². The minimum Gasteiger partial charge on any atom is -0.383 e. The SMILES string of the molecule is CC(C)C1(C)Cc2cc(N3C(=O)CC(O)C3=O)ccc2C1=O. The molecule has 5 nitrogen and oxygen atoms in total. The van der Waals surface area contributed by atoms with E-state index in [4.69, 9.17) is 0 Å². The van der Waals surface area contributed by atoms with E-state index in [-0.39, 0.29) is 18.1 Å². The van der Waals surface area contributed by atoms with Gasteiger partial charge in [0.05, 0.1) is 12.1 Å². The zero-order valence-electron chi connectivity index (χ0n) is 12.9. The van der Waals surface area contributed by atoms with E-state index in [2.05, 4.69) is 0 Å². The average Bonchev–Trinajstić information content (AvgIpc) is 2.85. The van der Waals surface area contributed by atoms with Gasteiger partial charge >= 0.3 is 0 Å². The largest absolute Gasteiger partial charge is 0.383 e. The number of rotatable bonds is 2. The maximum Gasteiger partial charge on any atom is 0.263 e. The van der Waals surface area contributed by atoms with Gasteiger partial charge in [-0.3, -0.25) is 14.4 Å². The first-order valence-corrected chi connectivity index (χ1v) is 7.48. The Morgan fingerprint density at radius 2 is 1.95 bits per heavy atom. The Morgan fingerprint density at radius 1 is 1.27 bits per heavy atom.